The zero-order chi connectivity index (χ0) is 18.6. The van der Waals surface area contributed by atoms with Gasteiger partial charge < -0.3 is 4.74 Å². The summed E-state index contributed by atoms with van der Waals surface area (Å²) in [5.41, 5.74) is 0.893. The van der Waals surface area contributed by atoms with Crippen molar-refractivity contribution in [3.05, 3.63) is 64.5 Å². The van der Waals surface area contributed by atoms with Crippen molar-refractivity contribution in [1.82, 2.24) is 0 Å². The number of hydrogen-bond acceptors (Lipinski definition) is 2. The molecule has 25 heavy (non-hydrogen) atoms. The number of carbonyl (C=O) groups is 1. The first-order valence-corrected chi connectivity index (χ1v) is 7.69. The van der Waals surface area contributed by atoms with Crippen LogP contribution in [0.1, 0.15) is 42.1 Å². The van der Waals surface area contributed by atoms with Gasteiger partial charge in [0.2, 0.25) is 34.8 Å². The summed E-state index contributed by atoms with van der Waals surface area (Å²) in [4.78, 5) is 11.9. The van der Waals surface area contributed by atoms with Crippen LogP contribution < -0.4 is 4.74 Å². The number of benzene rings is 2. The van der Waals surface area contributed by atoms with Crippen LogP contribution in [0.5, 0.6) is 5.75 Å². The van der Waals surface area contributed by atoms with E-state index in [1.54, 1.807) is 12.1 Å². The lowest BCUT2D eigenvalue weighted by atomic mass is 10.1. The monoisotopic (exact) mass is 358 g/mol. The van der Waals surface area contributed by atoms with Crippen LogP contribution in [-0.2, 0) is 6.42 Å². The standard InChI is InChI=1S/C18H15F5O2/c1-2-3-4-5-10-6-8-11(9-7-10)18(24)25-17-15(22)13(20)12(19)14(21)16(17)23/h6-9H,2-5H2,1H3. The van der Waals surface area contributed by atoms with Crippen LogP contribution in [0, 0.1) is 29.1 Å². The molecule has 2 aromatic carbocycles. The Bertz CT molecular complexity index is 743. The zero-order valence-electron chi connectivity index (χ0n) is 13.3. The molecule has 2 nitrogen and oxygen atoms in total. The lowest BCUT2D eigenvalue weighted by molar-refractivity contribution is 0.0716. The fraction of sp³-hybridized carbons (Fsp3) is 0.278. The van der Waals surface area contributed by atoms with E-state index in [2.05, 4.69) is 11.7 Å². The normalized spacial score (nSPS) is 10.8. The summed E-state index contributed by atoms with van der Waals surface area (Å²) < 4.78 is 70.6. The molecule has 2 aromatic rings. The molecule has 0 aromatic heterocycles. The molecule has 0 spiro atoms. The Morgan fingerprint density at radius 2 is 1.36 bits per heavy atom. The van der Waals surface area contributed by atoms with Crippen LogP contribution in [0.3, 0.4) is 0 Å². The summed E-state index contributed by atoms with van der Waals surface area (Å²) in [6.07, 6.45) is 3.90. The maximum absolute atomic E-state index is 13.5. The third-order valence-corrected chi connectivity index (χ3v) is 3.62. The van der Waals surface area contributed by atoms with Crippen molar-refractivity contribution in [3.8, 4) is 5.75 Å². The molecule has 0 aliphatic rings. The number of aryl methyl sites for hydroxylation is 1. The number of carbonyl (C=O) groups excluding carboxylic acids is 1. The van der Waals surface area contributed by atoms with E-state index in [0.29, 0.717) is 0 Å². The highest BCUT2D eigenvalue weighted by molar-refractivity contribution is 5.91. The van der Waals surface area contributed by atoms with Crippen LogP contribution >= 0.6 is 0 Å². The zero-order valence-corrected chi connectivity index (χ0v) is 13.3. The average molecular weight is 358 g/mol. The van der Waals surface area contributed by atoms with Crippen LogP contribution in [0.2, 0.25) is 0 Å². The SMILES string of the molecule is CCCCCc1ccc(C(=O)Oc2c(F)c(F)c(F)c(F)c2F)cc1. The first kappa shape index (κ1) is 18.9. The van der Waals surface area contributed by atoms with Gasteiger partial charge >= 0.3 is 5.97 Å². The quantitative estimate of drug-likeness (QED) is 0.174. The van der Waals surface area contributed by atoms with Gasteiger partial charge in [-0.3, -0.25) is 0 Å². The van der Waals surface area contributed by atoms with Gasteiger partial charge in [0, 0.05) is 0 Å². The minimum absolute atomic E-state index is 0.0665. The van der Waals surface area contributed by atoms with E-state index >= 15 is 0 Å². The number of unbranched alkanes of at least 4 members (excludes halogenated alkanes) is 2. The summed E-state index contributed by atoms with van der Waals surface area (Å²) in [6.45, 7) is 2.07. The summed E-state index contributed by atoms with van der Waals surface area (Å²) >= 11 is 0. The maximum Gasteiger partial charge on any atom is 0.343 e. The molecule has 134 valence electrons. The van der Waals surface area contributed by atoms with E-state index in [0.717, 1.165) is 31.2 Å². The second kappa shape index (κ2) is 8.09. The molecular weight excluding hydrogens is 343 g/mol. The summed E-state index contributed by atoms with van der Waals surface area (Å²) in [5.74, 6) is -13.9. The van der Waals surface area contributed by atoms with Gasteiger partial charge in [0.05, 0.1) is 5.56 Å². The molecule has 0 saturated carbocycles. The molecule has 0 radical (unpaired) electrons. The summed E-state index contributed by atoms with van der Waals surface area (Å²) in [7, 11) is 0. The largest absolute Gasteiger partial charge is 0.416 e. The third kappa shape index (κ3) is 4.15. The number of ether oxygens (including phenoxy) is 1. The lowest BCUT2D eigenvalue weighted by Gasteiger charge is -2.09. The van der Waals surface area contributed by atoms with Crippen LogP contribution in [0.15, 0.2) is 24.3 Å². The summed E-state index contributed by atoms with van der Waals surface area (Å²) in [5, 5.41) is 0. The Morgan fingerprint density at radius 1 is 0.840 bits per heavy atom. The second-order valence-electron chi connectivity index (χ2n) is 5.44. The number of esters is 1. The fourth-order valence-corrected chi connectivity index (χ4v) is 2.21. The van der Waals surface area contributed by atoms with Gasteiger partial charge in [-0.15, -0.1) is 0 Å². The van der Waals surface area contributed by atoms with Crippen molar-refractivity contribution in [2.45, 2.75) is 32.6 Å². The van der Waals surface area contributed by atoms with Gasteiger partial charge in [0.25, 0.3) is 0 Å². The first-order chi connectivity index (χ1) is 11.9. The van der Waals surface area contributed by atoms with Gasteiger partial charge in [0.15, 0.2) is 0 Å². The fourth-order valence-electron chi connectivity index (χ4n) is 2.21. The smallest absolute Gasteiger partial charge is 0.343 e. The van der Waals surface area contributed by atoms with Crippen molar-refractivity contribution >= 4 is 5.97 Å². The molecule has 0 fully saturated rings. The first-order valence-electron chi connectivity index (χ1n) is 7.69. The third-order valence-electron chi connectivity index (χ3n) is 3.62. The molecule has 0 aliphatic heterocycles. The van der Waals surface area contributed by atoms with Crippen molar-refractivity contribution in [3.63, 3.8) is 0 Å². The molecule has 0 N–H and O–H groups in total. The van der Waals surface area contributed by atoms with Crippen LogP contribution in [0.25, 0.3) is 0 Å². The lowest BCUT2D eigenvalue weighted by Crippen LogP contribution is -2.13. The average Bonchev–Trinajstić information content (AvgIpc) is 2.62. The predicted octanol–water partition coefficient (Wildman–Crippen LogP) is 5.33. The Balaban J connectivity index is 2.18. The van der Waals surface area contributed by atoms with E-state index in [9.17, 15) is 26.7 Å². The van der Waals surface area contributed by atoms with E-state index < -0.39 is 40.8 Å². The number of halogens is 5. The molecular formula is C18H15F5O2. The highest BCUT2D eigenvalue weighted by Crippen LogP contribution is 2.29. The molecule has 0 saturated heterocycles. The van der Waals surface area contributed by atoms with Crippen molar-refractivity contribution in [1.29, 1.82) is 0 Å². The van der Waals surface area contributed by atoms with E-state index in [1.807, 2.05) is 0 Å². The van der Waals surface area contributed by atoms with E-state index in [1.165, 1.54) is 12.1 Å². The Morgan fingerprint density at radius 3 is 1.88 bits per heavy atom. The highest BCUT2D eigenvalue weighted by Gasteiger charge is 2.28. The minimum atomic E-state index is -2.31. The number of rotatable bonds is 6. The number of hydrogen-bond donors (Lipinski definition) is 0. The van der Waals surface area contributed by atoms with Crippen LogP contribution in [0.4, 0.5) is 22.0 Å². The molecule has 2 rings (SSSR count). The van der Waals surface area contributed by atoms with Gasteiger partial charge in [0.1, 0.15) is 0 Å². The molecule has 0 aliphatic carbocycles. The Hall–Kier alpha value is -2.44. The second-order valence-corrected chi connectivity index (χ2v) is 5.44. The van der Waals surface area contributed by atoms with Gasteiger partial charge in [-0.05, 0) is 30.5 Å². The minimum Gasteiger partial charge on any atom is -0.416 e. The molecule has 0 heterocycles. The van der Waals surface area contributed by atoms with Crippen molar-refractivity contribution in [2.75, 3.05) is 0 Å². The predicted molar refractivity (Wildman–Crippen MR) is 80.9 cm³/mol. The van der Waals surface area contributed by atoms with E-state index in [4.69, 9.17) is 0 Å². The van der Waals surface area contributed by atoms with Gasteiger partial charge in [-0.25, -0.2) is 18.0 Å². The highest BCUT2D eigenvalue weighted by atomic mass is 19.2. The Kier molecular flexibility index (Phi) is 6.12. The van der Waals surface area contributed by atoms with Crippen molar-refractivity contribution < 1.29 is 31.5 Å². The molecule has 0 unspecified atom stereocenters. The topological polar surface area (TPSA) is 26.3 Å². The van der Waals surface area contributed by atoms with Crippen molar-refractivity contribution in [2.24, 2.45) is 0 Å². The molecule has 0 amide bonds. The van der Waals surface area contributed by atoms with Gasteiger partial charge in [-0.1, -0.05) is 31.9 Å². The maximum atomic E-state index is 13.5. The molecule has 0 bridgehead atoms. The van der Waals surface area contributed by atoms with Crippen LogP contribution in [-0.4, -0.2) is 5.97 Å². The summed E-state index contributed by atoms with van der Waals surface area (Å²) in [6, 6.07) is 6.03. The Labute approximate surface area is 141 Å². The van der Waals surface area contributed by atoms with E-state index in [-0.39, 0.29) is 5.56 Å². The van der Waals surface area contributed by atoms with Gasteiger partial charge in [-0.2, -0.15) is 8.78 Å². The molecule has 0 atom stereocenters. The molecule has 7 heteroatoms.